The standard InChI is InChI=1S/C19H17P.C18H15P/c1-2-6-12-17(11-5-1)20(18-13-7-3-8-14-18)19-15-9-4-10-16-19;1-4-10-16(11-5-1)19(17-12-6-2-7-13-17)18-14-8-3-9-15-18/h1-5,7-9,11,13-15,17H,10,16H2;1-15H. The molecule has 0 aliphatic heterocycles. The van der Waals surface area contributed by atoms with E-state index in [1.807, 2.05) is 12.2 Å². The van der Waals surface area contributed by atoms with Crippen molar-refractivity contribution in [2.24, 2.45) is 0 Å². The largest absolute Gasteiger partial charge is 0.0855 e. The smallest absolute Gasteiger partial charge is 0.0666 e. The Labute approximate surface area is 236 Å². The second-order valence-corrected chi connectivity index (χ2v) is 13.8. The average Bonchev–Trinajstić information content (AvgIpc) is 3.30. The van der Waals surface area contributed by atoms with Crippen LogP contribution in [0.4, 0.5) is 0 Å². The van der Waals surface area contributed by atoms with Crippen molar-refractivity contribution in [1.82, 2.24) is 0 Å². The molecule has 0 amide bonds. The Kier molecular flexibility index (Phi) is 9.93. The first-order valence-corrected chi connectivity index (χ1v) is 16.1. The van der Waals surface area contributed by atoms with Crippen molar-refractivity contribution in [2.45, 2.75) is 18.5 Å². The van der Waals surface area contributed by atoms with E-state index in [0.717, 1.165) is 12.8 Å². The van der Waals surface area contributed by atoms with Gasteiger partial charge in [0.2, 0.25) is 0 Å². The molecular weight excluding hydrogens is 506 g/mol. The quantitative estimate of drug-likeness (QED) is 0.173. The fourth-order valence-electron chi connectivity index (χ4n) is 4.67. The summed E-state index contributed by atoms with van der Waals surface area (Å²) in [5.74, 6) is 6.58. The van der Waals surface area contributed by atoms with Gasteiger partial charge in [0.1, 0.15) is 0 Å². The summed E-state index contributed by atoms with van der Waals surface area (Å²) in [7, 11) is -0.846. The molecule has 2 unspecified atom stereocenters. The van der Waals surface area contributed by atoms with Crippen LogP contribution in [0.2, 0.25) is 0 Å². The molecule has 2 aliphatic carbocycles. The molecule has 39 heavy (non-hydrogen) atoms. The van der Waals surface area contributed by atoms with E-state index in [2.05, 4.69) is 164 Å². The van der Waals surface area contributed by atoms with Gasteiger partial charge in [0.05, 0.1) is 5.66 Å². The Morgan fingerprint density at radius 3 is 1.56 bits per heavy atom. The molecular formula is C37H32P2. The Bertz CT molecular complexity index is 1400. The van der Waals surface area contributed by atoms with Crippen molar-refractivity contribution < 1.29 is 0 Å². The topological polar surface area (TPSA) is 0 Å². The van der Waals surface area contributed by atoms with E-state index in [4.69, 9.17) is 0 Å². The predicted molar refractivity (Wildman–Crippen MR) is 174 cm³/mol. The zero-order valence-corrected chi connectivity index (χ0v) is 23.8. The molecule has 4 aromatic rings. The molecule has 0 spiro atoms. The normalized spacial score (nSPS) is 16.2. The van der Waals surface area contributed by atoms with E-state index < -0.39 is 15.8 Å². The van der Waals surface area contributed by atoms with Gasteiger partial charge in [0, 0.05) is 0 Å². The maximum Gasteiger partial charge on any atom is 0.0666 e. The summed E-state index contributed by atoms with van der Waals surface area (Å²) in [6.07, 6.45) is 17.4. The summed E-state index contributed by atoms with van der Waals surface area (Å²) in [6.45, 7) is 0. The SMILES string of the molecule is C1#CC(P(C2=CC=CCC2)c2ccccc2)C=CC=C1.c1ccc(P(c2ccccc2)c2ccccc2)cc1. The lowest BCUT2D eigenvalue weighted by molar-refractivity contribution is 1.01. The maximum absolute atomic E-state index is 3.42. The minimum absolute atomic E-state index is 0.320. The van der Waals surface area contributed by atoms with Gasteiger partial charge in [-0.3, -0.25) is 0 Å². The summed E-state index contributed by atoms with van der Waals surface area (Å²) in [6, 6.07) is 43.2. The zero-order chi connectivity index (χ0) is 26.5. The Hall–Kier alpha value is -3.74. The minimum atomic E-state index is -0.446. The molecule has 0 nitrogen and oxygen atoms in total. The Morgan fingerprint density at radius 2 is 1.08 bits per heavy atom. The molecule has 0 saturated heterocycles. The second kappa shape index (κ2) is 14.4. The molecule has 2 aliphatic rings. The van der Waals surface area contributed by atoms with Gasteiger partial charge >= 0.3 is 0 Å². The Balaban J connectivity index is 0.000000158. The highest BCUT2D eigenvalue weighted by Crippen LogP contribution is 2.51. The monoisotopic (exact) mass is 538 g/mol. The minimum Gasteiger partial charge on any atom is -0.0855 e. The lowest BCUT2D eigenvalue weighted by Gasteiger charge is -2.26. The first-order chi connectivity index (χ1) is 19.4. The molecule has 2 heteroatoms. The van der Waals surface area contributed by atoms with Gasteiger partial charge in [-0.05, 0) is 61.3 Å². The molecule has 0 N–H and O–H groups in total. The van der Waals surface area contributed by atoms with Gasteiger partial charge in [0.25, 0.3) is 0 Å². The maximum atomic E-state index is 3.42. The van der Waals surface area contributed by atoms with Crippen molar-refractivity contribution in [2.75, 3.05) is 0 Å². The van der Waals surface area contributed by atoms with Gasteiger partial charge in [-0.15, -0.1) is 0 Å². The van der Waals surface area contributed by atoms with Crippen LogP contribution in [-0.2, 0) is 0 Å². The van der Waals surface area contributed by atoms with E-state index in [9.17, 15) is 0 Å². The number of hydrogen-bond donors (Lipinski definition) is 0. The van der Waals surface area contributed by atoms with E-state index in [1.165, 1.54) is 21.2 Å². The summed E-state index contributed by atoms with van der Waals surface area (Å²) in [5.41, 5.74) is 0.320. The third-order valence-corrected chi connectivity index (χ3v) is 11.6. The van der Waals surface area contributed by atoms with Gasteiger partial charge in [-0.25, -0.2) is 0 Å². The molecule has 6 rings (SSSR count). The fourth-order valence-corrected chi connectivity index (χ4v) is 9.57. The van der Waals surface area contributed by atoms with Crippen LogP contribution >= 0.6 is 15.8 Å². The zero-order valence-electron chi connectivity index (χ0n) is 22.0. The van der Waals surface area contributed by atoms with Crippen molar-refractivity contribution in [3.8, 4) is 11.8 Å². The van der Waals surface area contributed by atoms with Crippen LogP contribution in [0, 0.1) is 11.8 Å². The van der Waals surface area contributed by atoms with Crippen LogP contribution < -0.4 is 21.2 Å². The van der Waals surface area contributed by atoms with Crippen molar-refractivity contribution >= 4 is 37.1 Å². The van der Waals surface area contributed by atoms with E-state index >= 15 is 0 Å². The predicted octanol–water partition coefficient (Wildman–Crippen LogP) is 7.97. The van der Waals surface area contributed by atoms with Gasteiger partial charge in [-0.1, -0.05) is 170 Å². The average molecular weight is 539 g/mol. The van der Waals surface area contributed by atoms with Crippen molar-refractivity contribution in [1.29, 1.82) is 0 Å². The summed E-state index contributed by atoms with van der Waals surface area (Å²) in [5, 5.41) is 7.18. The number of rotatable bonds is 6. The van der Waals surface area contributed by atoms with Gasteiger partial charge in [0.15, 0.2) is 0 Å². The third kappa shape index (κ3) is 7.43. The third-order valence-electron chi connectivity index (χ3n) is 6.47. The van der Waals surface area contributed by atoms with Crippen LogP contribution in [0.1, 0.15) is 12.8 Å². The van der Waals surface area contributed by atoms with Crippen LogP contribution in [-0.4, -0.2) is 5.66 Å². The number of benzene rings is 4. The molecule has 0 aromatic heterocycles. The van der Waals surface area contributed by atoms with Crippen LogP contribution in [0.15, 0.2) is 169 Å². The van der Waals surface area contributed by atoms with Gasteiger partial charge in [-0.2, -0.15) is 0 Å². The summed E-state index contributed by atoms with van der Waals surface area (Å²) in [4.78, 5) is 0. The fraction of sp³-hybridized carbons (Fsp3) is 0.0811. The molecule has 0 bridgehead atoms. The van der Waals surface area contributed by atoms with Crippen molar-refractivity contribution in [3.63, 3.8) is 0 Å². The number of hydrogen-bond acceptors (Lipinski definition) is 0. The lowest BCUT2D eigenvalue weighted by atomic mass is 10.2. The Morgan fingerprint density at radius 1 is 0.564 bits per heavy atom. The highest BCUT2D eigenvalue weighted by Gasteiger charge is 2.23. The second-order valence-electron chi connectivity index (χ2n) is 9.15. The van der Waals surface area contributed by atoms with E-state index in [0.29, 0.717) is 5.66 Å². The molecule has 190 valence electrons. The van der Waals surface area contributed by atoms with E-state index in [1.54, 1.807) is 5.31 Å². The molecule has 0 fully saturated rings. The molecule has 2 atom stereocenters. The summed E-state index contributed by atoms with van der Waals surface area (Å²) >= 11 is 0. The number of allylic oxidation sites excluding steroid dienone is 8. The highest BCUT2D eigenvalue weighted by atomic mass is 31.1. The first-order valence-electron chi connectivity index (χ1n) is 13.4. The lowest BCUT2D eigenvalue weighted by Crippen LogP contribution is -2.20. The molecule has 0 heterocycles. The van der Waals surface area contributed by atoms with Gasteiger partial charge < -0.3 is 0 Å². The van der Waals surface area contributed by atoms with E-state index in [-0.39, 0.29) is 0 Å². The van der Waals surface area contributed by atoms with Crippen LogP contribution in [0.3, 0.4) is 0 Å². The van der Waals surface area contributed by atoms with Crippen LogP contribution in [0.5, 0.6) is 0 Å². The highest BCUT2D eigenvalue weighted by molar-refractivity contribution is 7.79. The molecule has 0 radical (unpaired) electrons. The van der Waals surface area contributed by atoms with Crippen LogP contribution in [0.25, 0.3) is 0 Å². The molecule has 4 aromatic carbocycles. The first kappa shape index (κ1) is 26.9. The summed E-state index contributed by atoms with van der Waals surface area (Å²) < 4.78 is 0. The van der Waals surface area contributed by atoms with Crippen molar-refractivity contribution in [3.05, 3.63) is 169 Å². The molecule has 0 saturated carbocycles.